The van der Waals surface area contributed by atoms with Gasteiger partial charge >= 0.3 is 0 Å². The molecule has 0 saturated heterocycles. The lowest BCUT2D eigenvalue weighted by Crippen LogP contribution is -2.31. The molecular formula is C11H13N3O2S. The minimum atomic E-state index is -0.219. The van der Waals surface area contributed by atoms with Gasteiger partial charge in [0.2, 0.25) is 0 Å². The van der Waals surface area contributed by atoms with Crippen LogP contribution in [0.4, 0.5) is 0 Å². The molecule has 6 heteroatoms. The molecule has 0 atom stereocenters. The van der Waals surface area contributed by atoms with Gasteiger partial charge in [-0.3, -0.25) is 5.43 Å². The van der Waals surface area contributed by atoms with Crippen molar-refractivity contribution in [3.63, 3.8) is 0 Å². The summed E-state index contributed by atoms with van der Waals surface area (Å²) in [4.78, 5) is 0. The van der Waals surface area contributed by atoms with Gasteiger partial charge < -0.3 is 15.5 Å². The zero-order valence-electron chi connectivity index (χ0n) is 9.05. The van der Waals surface area contributed by atoms with Crippen LogP contribution in [0, 0.1) is 0 Å². The van der Waals surface area contributed by atoms with Crippen LogP contribution in [0.2, 0.25) is 0 Å². The first kappa shape index (κ1) is 13.0. The van der Waals surface area contributed by atoms with Crippen LogP contribution in [0.25, 0.3) is 0 Å². The van der Waals surface area contributed by atoms with E-state index in [9.17, 15) is 10.2 Å². The summed E-state index contributed by atoms with van der Waals surface area (Å²) in [6.07, 6.45) is 3.02. The fraction of sp³-hybridized carbons (Fsp3) is 0.0909. The molecule has 0 fully saturated rings. The highest BCUT2D eigenvalue weighted by molar-refractivity contribution is 7.80. The average Bonchev–Trinajstić information content (AvgIpc) is 2.32. The number of thiocarbonyl (C=S) groups is 1. The summed E-state index contributed by atoms with van der Waals surface area (Å²) >= 11 is 4.90. The Bertz CT molecular complexity index is 446. The SMILES string of the molecule is C=CCNC(=S)NN=Cc1cccc(O)c1O. The van der Waals surface area contributed by atoms with Crippen molar-refractivity contribution in [2.24, 2.45) is 5.10 Å². The molecule has 0 heterocycles. The topological polar surface area (TPSA) is 76.9 Å². The van der Waals surface area contributed by atoms with Crippen LogP contribution < -0.4 is 10.7 Å². The number of hydrazone groups is 1. The van der Waals surface area contributed by atoms with E-state index < -0.39 is 0 Å². The summed E-state index contributed by atoms with van der Waals surface area (Å²) in [5.41, 5.74) is 2.95. The van der Waals surface area contributed by atoms with Gasteiger partial charge in [0.05, 0.1) is 6.21 Å². The van der Waals surface area contributed by atoms with Crippen molar-refractivity contribution < 1.29 is 10.2 Å². The first-order valence-electron chi connectivity index (χ1n) is 4.84. The van der Waals surface area contributed by atoms with Gasteiger partial charge in [-0.25, -0.2) is 0 Å². The number of phenols is 2. The Balaban J connectivity index is 2.56. The summed E-state index contributed by atoms with van der Waals surface area (Å²) in [6, 6.07) is 4.60. The van der Waals surface area contributed by atoms with Crippen molar-refractivity contribution in [2.75, 3.05) is 6.54 Å². The molecule has 0 aliphatic heterocycles. The summed E-state index contributed by atoms with van der Waals surface area (Å²) in [6.45, 7) is 4.07. The standard InChI is InChI=1S/C11H13N3O2S/c1-2-6-12-11(17)14-13-7-8-4-3-5-9(15)10(8)16/h2-5,7,15-16H,1,6H2,(H2,12,14,17). The summed E-state index contributed by atoms with van der Waals surface area (Å²) in [5, 5.41) is 25.7. The second kappa shape index (κ2) is 6.49. The average molecular weight is 251 g/mol. The minimum Gasteiger partial charge on any atom is -0.504 e. The van der Waals surface area contributed by atoms with Crippen LogP contribution in [-0.2, 0) is 0 Å². The Hall–Kier alpha value is -2.08. The smallest absolute Gasteiger partial charge is 0.187 e. The molecule has 0 saturated carbocycles. The van der Waals surface area contributed by atoms with Gasteiger partial charge in [0, 0.05) is 12.1 Å². The largest absolute Gasteiger partial charge is 0.504 e. The van der Waals surface area contributed by atoms with Crippen molar-refractivity contribution >= 4 is 23.5 Å². The molecule has 1 aromatic rings. The predicted molar refractivity (Wildman–Crippen MR) is 71.3 cm³/mol. The molecule has 0 unspecified atom stereocenters. The van der Waals surface area contributed by atoms with E-state index in [4.69, 9.17) is 12.2 Å². The zero-order valence-corrected chi connectivity index (χ0v) is 9.87. The van der Waals surface area contributed by atoms with E-state index in [2.05, 4.69) is 22.4 Å². The van der Waals surface area contributed by atoms with Gasteiger partial charge in [0.25, 0.3) is 0 Å². The number of benzene rings is 1. The fourth-order valence-corrected chi connectivity index (χ4v) is 1.15. The molecule has 1 aromatic carbocycles. The van der Waals surface area contributed by atoms with Gasteiger partial charge in [-0.1, -0.05) is 12.1 Å². The van der Waals surface area contributed by atoms with Crippen LogP contribution >= 0.6 is 12.2 Å². The second-order valence-corrected chi connectivity index (χ2v) is 3.49. The lowest BCUT2D eigenvalue weighted by Gasteiger charge is -2.04. The van der Waals surface area contributed by atoms with Crippen molar-refractivity contribution in [1.82, 2.24) is 10.7 Å². The van der Waals surface area contributed by atoms with Crippen LogP contribution in [0.1, 0.15) is 5.56 Å². The van der Waals surface area contributed by atoms with Crippen molar-refractivity contribution in [3.8, 4) is 11.5 Å². The number of hydrogen-bond acceptors (Lipinski definition) is 4. The monoisotopic (exact) mass is 251 g/mol. The van der Waals surface area contributed by atoms with Gasteiger partial charge in [-0.2, -0.15) is 5.10 Å². The Labute approximate surface area is 104 Å². The Morgan fingerprint density at radius 1 is 1.47 bits per heavy atom. The lowest BCUT2D eigenvalue weighted by atomic mass is 10.2. The Morgan fingerprint density at radius 2 is 2.24 bits per heavy atom. The maximum atomic E-state index is 9.47. The van der Waals surface area contributed by atoms with E-state index in [0.717, 1.165) is 0 Å². The molecule has 0 aromatic heterocycles. The molecule has 5 nitrogen and oxygen atoms in total. The van der Waals surface area contributed by atoms with Crippen LogP contribution in [0.15, 0.2) is 36.0 Å². The van der Waals surface area contributed by atoms with E-state index in [0.29, 0.717) is 17.2 Å². The van der Waals surface area contributed by atoms with Crippen molar-refractivity contribution in [1.29, 1.82) is 0 Å². The molecule has 0 bridgehead atoms. The van der Waals surface area contributed by atoms with Crippen LogP contribution in [-0.4, -0.2) is 28.1 Å². The van der Waals surface area contributed by atoms with Crippen LogP contribution in [0.3, 0.4) is 0 Å². The molecule has 90 valence electrons. The third-order valence-electron chi connectivity index (χ3n) is 1.82. The summed E-state index contributed by atoms with van der Waals surface area (Å²) < 4.78 is 0. The molecule has 4 N–H and O–H groups in total. The minimum absolute atomic E-state index is 0.193. The molecule has 0 radical (unpaired) electrons. The molecule has 0 aliphatic carbocycles. The molecule has 17 heavy (non-hydrogen) atoms. The number of nitrogens with zero attached hydrogens (tertiary/aromatic N) is 1. The number of nitrogens with one attached hydrogen (secondary N) is 2. The van der Waals surface area contributed by atoms with Gasteiger partial charge in [0.15, 0.2) is 16.6 Å². The highest BCUT2D eigenvalue weighted by Crippen LogP contribution is 2.26. The predicted octanol–water partition coefficient (Wildman–Crippen LogP) is 1.08. The number of rotatable bonds is 4. The third kappa shape index (κ3) is 4.12. The number of hydrogen-bond donors (Lipinski definition) is 4. The normalized spacial score (nSPS) is 10.1. The lowest BCUT2D eigenvalue weighted by molar-refractivity contribution is 0.403. The van der Waals surface area contributed by atoms with Crippen molar-refractivity contribution in [2.45, 2.75) is 0 Å². The fourth-order valence-electron chi connectivity index (χ4n) is 1.02. The van der Waals surface area contributed by atoms with Gasteiger partial charge in [0.1, 0.15) is 0 Å². The molecule has 0 aliphatic rings. The van der Waals surface area contributed by atoms with Gasteiger partial charge in [-0.05, 0) is 24.4 Å². The van der Waals surface area contributed by atoms with Crippen LogP contribution in [0.5, 0.6) is 11.5 Å². The first-order valence-corrected chi connectivity index (χ1v) is 5.24. The van der Waals surface area contributed by atoms with E-state index in [1.165, 1.54) is 12.3 Å². The summed E-state index contributed by atoms with van der Waals surface area (Å²) in [5.74, 6) is -0.413. The second-order valence-electron chi connectivity index (χ2n) is 3.08. The first-order chi connectivity index (χ1) is 8.15. The highest BCUT2D eigenvalue weighted by Gasteiger charge is 2.02. The Kier molecular flexibility index (Phi) is 4.96. The van der Waals surface area contributed by atoms with Gasteiger partial charge in [-0.15, -0.1) is 6.58 Å². The summed E-state index contributed by atoms with van der Waals surface area (Å²) in [7, 11) is 0. The Morgan fingerprint density at radius 3 is 2.94 bits per heavy atom. The quantitative estimate of drug-likeness (QED) is 0.212. The molecule has 0 spiro atoms. The van der Waals surface area contributed by atoms with E-state index >= 15 is 0 Å². The number of para-hydroxylation sites is 1. The molecule has 0 amide bonds. The maximum Gasteiger partial charge on any atom is 0.187 e. The van der Waals surface area contributed by atoms with E-state index in [-0.39, 0.29) is 11.5 Å². The number of phenolic OH excluding ortho intramolecular Hbond substituents is 2. The zero-order chi connectivity index (χ0) is 12.7. The number of aromatic hydroxyl groups is 2. The highest BCUT2D eigenvalue weighted by atomic mass is 32.1. The molecular weight excluding hydrogens is 238 g/mol. The van der Waals surface area contributed by atoms with E-state index in [1.807, 2.05) is 0 Å². The maximum absolute atomic E-state index is 9.47. The van der Waals surface area contributed by atoms with E-state index in [1.54, 1.807) is 18.2 Å². The molecule has 1 rings (SSSR count). The van der Waals surface area contributed by atoms with Crippen molar-refractivity contribution in [3.05, 3.63) is 36.4 Å². The third-order valence-corrected chi connectivity index (χ3v) is 2.06.